The van der Waals surface area contributed by atoms with E-state index in [0.717, 1.165) is 38.0 Å². The fourth-order valence-electron chi connectivity index (χ4n) is 4.35. The van der Waals surface area contributed by atoms with Gasteiger partial charge in [-0.15, -0.1) is 0 Å². The Bertz CT molecular complexity index is 1760. The van der Waals surface area contributed by atoms with Gasteiger partial charge in [-0.2, -0.15) is 0 Å². The van der Waals surface area contributed by atoms with E-state index in [1.807, 2.05) is 57.9 Å². The van der Waals surface area contributed by atoms with Crippen molar-refractivity contribution in [3.63, 3.8) is 0 Å². The Kier molecular flexibility index (Phi) is 5.27. The largest absolute Gasteiger partial charge is 0.478 e. The molecule has 0 saturated heterocycles. The SMILES string of the molecule is O=C(O)c1cc(Br)cc2c1ncn2-c1cc(-n2cnc3ccc(Br)cc32)ccc1-c1ccccc1. The number of hydrogen-bond acceptors (Lipinski definition) is 3. The average Bonchev–Trinajstić information content (AvgIpc) is 3.47. The lowest BCUT2D eigenvalue weighted by atomic mass is 10.0. The fourth-order valence-corrected chi connectivity index (χ4v) is 5.15. The van der Waals surface area contributed by atoms with E-state index in [2.05, 4.69) is 72.2 Å². The van der Waals surface area contributed by atoms with Crippen LogP contribution in [0.25, 0.3) is 44.6 Å². The summed E-state index contributed by atoms with van der Waals surface area (Å²) in [7, 11) is 0. The first-order valence-corrected chi connectivity index (χ1v) is 12.3. The molecule has 6 aromatic rings. The smallest absolute Gasteiger partial charge is 0.338 e. The van der Waals surface area contributed by atoms with Crippen LogP contribution in [0.4, 0.5) is 0 Å². The third-order valence-electron chi connectivity index (χ3n) is 5.96. The summed E-state index contributed by atoms with van der Waals surface area (Å²) in [5.41, 5.74) is 6.99. The van der Waals surface area contributed by atoms with E-state index in [0.29, 0.717) is 15.5 Å². The summed E-state index contributed by atoms with van der Waals surface area (Å²) in [5, 5.41) is 9.73. The predicted molar refractivity (Wildman–Crippen MR) is 143 cm³/mol. The zero-order valence-electron chi connectivity index (χ0n) is 18.1. The van der Waals surface area contributed by atoms with Crippen molar-refractivity contribution < 1.29 is 9.90 Å². The zero-order valence-corrected chi connectivity index (χ0v) is 21.2. The average molecular weight is 588 g/mol. The van der Waals surface area contributed by atoms with Gasteiger partial charge in [-0.3, -0.25) is 9.13 Å². The monoisotopic (exact) mass is 586 g/mol. The van der Waals surface area contributed by atoms with Crippen molar-refractivity contribution in [2.45, 2.75) is 0 Å². The number of halogens is 2. The molecule has 4 aromatic carbocycles. The van der Waals surface area contributed by atoms with Crippen molar-refractivity contribution in [1.29, 1.82) is 0 Å². The molecule has 170 valence electrons. The Morgan fingerprint density at radius 3 is 2.34 bits per heavy atom. The lowest BCUT2D eigenvalue weighted by Crippen LogP contribution is -2.01. The van der Waals surface area contributed by atoms with E-state index in [1.165, 1.54) is 0 Å². The molecule has 0 bridgehead atoms. The number of carboxylic acids is 1. The minimum Gasteiger partial charge on any atom is -0.478 e. The highest BCUT2D eigenvalue weighted by Crippen LogP contribution is 2.34. The van der Waals surface area contributed by atoms with Gasteiger partial charge in [0.05, 0.1) is 27.8 Å². The maximum absolute atomic E-state index is 11.9. The second kappa shape index (κ2) is 8.48. The molecule has 0 amide bonds. The Morgan fingerprint density at radius 1 is 0.771 bits per heavy atom. The van der Waals surface area contributed by atoms with Gasteiger partial charge in [0.2, 0.25) is 0 Å². The number of aromatic nitrogens is 4. The Morgan fingerprint density at radius 2 is 1.54 bits per heavy atom. The molecule has 0 aliphatic rings. The third kappa shape index (κ3) is 3.75. The minimum absolute atomic E-state index is 0.149. The molecule has 0 aliphatic carbocycles. The van der Waals surface area contributed by atoms with Gasteiger partial charge in [-0.25, -0.2) is 14.8 Å². The molecule has 8 heteroatoms. The lowest BCUT2D eigenvalue weighted by Gasteiger charge is -2.15. The number of imidazole rings is 2. The molecule has 35 heavy (non-hydrogen) atoms. The Hall–Kier alpha value is -3.75. The van der Waals surface area contributed by atoms with E-state index in [4.69, 9.17) is 0 Å². The molecular weight excluding hydrogens is 572 g/mol. The molecule has 1 N–H and O–H groups in total. The van der Waals surface area contributed by atoms with Gasteiger partial charge in [0.25, 0.3) is 0 Å². The van der Waals surface area contributed by atoms with Crippen LogP contribution in [0.1, 0.15) is 10.4 Å². The molecule has 6 rings (SSSR count). The van der Waals surface area contributed by atoms with Crippen molar-refractivity contribution in [1.82, 2.24) is 19.1 Å². The van der Waals surface area contributed by atoms with Gasteiger partial charge < -0.3 is 5.11 Å². The van der Waals surface area contributed by atoms with E-state index < -0.39 is 5.97 Å². The molecule has 0 aliphatic heterocycles. The molecule has 0 saturated carbocycles. The number of benzene rings is 4. The van der Waals surface area contributed by atoms with Crippen molar-refractivity contribution >= 4 is 59.9 Å². The highest BCUT2D eigenvalue weighted by molar-refractivity contribution is 9.10. The second-order valence-electron chi connectivity index (χ2n) is 8.06. The summed E-state index contributed by atoms with van der Waals surface area (Å²) in [6, 6.07) is 25.8. The summed E-state index contributed by atoms with van der Waals surface area (Å²) < 4.78 is 5.62. The molecule has 2 aromatic heterocycles. The highest BCUT2D eigenvalue weighted by atomic mass is 79.9. The molecule has 2 heterocycles. The molecule has 6 nitrogen and oxygen atoms in total. The number of aromatic carboxylic acids is 1. The van der Waals surface area contributed by atoms with E-state index >= 15 is 0 Å². The summed E-state index contributed by atoms with van der Waals surface area (Å²) in [6.45, 7) is 0. The maximum atomic E-state index is 11.9. The van der Waals surface area contributed by atoms with Crippen LogP contribution in [0.3, 0.4) is 0 Å². The molecule has 0 fully saturated rings. The first-order valence-electron chi connectivity index (χ1n) is 10.7. The number of carboxylic acid groups (broad SMARTS) is 1. The van der Waals surface area contributed by atoms with Crippen molar-refractivity contribution in [3.05, 3.63) is 106 Å². The van der Waals surface area contributed by atoms with Crippen LogP contribution >= 0.6 is 31.9 Å². The number of fused-ring (bicyclic) bond motifs is 2. The number of nitrogens with zero attached hydrogens (tertiary/aromatic N) is 4. The van der Waals surface area contributed by atoms with Gasteiger partial charge in [0.15, 0.2) is 0 Å². The first kappa shape index (κ1) is 21.8. The van der Waals surface area contributed by atoms with Crippen LogP contribution in [0.5, 0.6) is 0 Å². The molecule has 0 unspecified atom stereocenters. The number of carbonyl (C=O) groups is 1. The standard InChI is InChI=1S/C27H16Br2N4O2/c28-17-6-9-22-24(11-17)32(14-30-22)19-7-8-20(16-4-2-1-3-5-16)23(13-19)33-15-31-26-21(27(34)35)10-18(29)12-25(26)33/h1-15H,(H,34,35). The topological polar surface area (TPSA) is 72.9 Å². The van der Waals surface area contributed by atoms with E-state index in [9.17, 15) is 9.90 Å². The van der Waals surface area contributed by atoms with Crippen LogP contribution in [-0.4, -0.2) is 30.2 Å². The summed E-state index contributed by atoms with van der Waals surface area (Å²) in [6.07, 6.45) is 3.49. The number of rotatable bonds is 4. The number of hydrogen-bond donors (Lipinski definition) is 1. The first-order chi connectivity index (χ1) is 17.0. The maximum Gasteiger partial charge on any atom is 0.338 e. The zero-order chi connectivity index (χ0) is 24.1. The Labute approximate surface area is 216 Å². The quantitative estimate of drug-likeness (QED) is 0.236. The van der Waals surface area contributed by atoms with Crippen molar-refractivity contribution in [3.8, 4) is 22.5 Å². The molecule has 0 atom stereocenters. The van der Waals surface area contributed by atoms with E-state index in [1.54, 1.807) is 12.4 Å². The normalized spacial score (nSPS) is 11.4. The van der Waals surface area contributed by atoms with Crippen LogP contribution in [0.15, 0.2) is 100 Å². The molecular formula is C27H16Br2N4O2. The van der Waals surface area contributed by atoms with Crippen LogP contribution in [0.2, 0.25) is 0 Å². The van der Waals surface area contributed by atoms with Gasteiger partial charge in [0.1, 0.15) is 18.2 Å². The Balaban J connectivity index is 1.64. The van der Waals surface area contributed by atoms with Crippen molar-refractivity contribution in [2.75, 3.05) is 0 Å². The highest BCUT2D eigenvalue weighted by Gasteiger charge is 2.18. The molecule has 0 radical (unpaired) electrons. The van der Waals surface area contributed by atoms with Crippen molar-refractivity contribution in [2.24, 2.45) is 0 Å². The van der Waals surface area contributed by atoms with Crippen LogP contribution in [0, 0.1) is 0 Å². The predicted octanol–water partition coefficient (Wildman–Crippen LogP) is 7.25. The summed E-state index contributed by atoms with van der Waals surface area (Å²) in [5.74, 6) is -1.02. The fraction of sp³-hybridized carbons (Fsp3) is 0. The van der Waals surface area contributed by atoms with Crippen LogP contribution < -0.4 is 0 Å². The third-order valence-corrected chi connectivity index (χ3v) is 6.91. The molecule has 0 spiro atoms. The minimum atomic E-state index is -1.02. The van der Waals surface area contributed by atoms with E-state index in [-0.39, 0.29) is 5.56 Å². The van der Waals surface area contributed by atoms with Gasteiger partial charge in [0, 0.05) is 20.2 Å². The lowest BCUT2D eigenvalue weighted by molar-refractivity contribution is 0.0698. The second-order valence-corrected chi connectivity index (χ2v) is 9.89. The van der Waals surface area contributed by atoms with Gasteiger partial charge in [-0.05, 0) is 48.0 Å². The van der Waals surface area contributed by atoms with Gasteiger partial charge >= 0.3 is 5.97 Å². The summed E-state index contributed by atoms with van der Waals surface area (Å²) >= 11 is 7.02. The van der Waals surface area contributed by atoms with Gasteiger partial charge in [-0.1, -0.05) is 68.3 Å². The van der Waals surface area contributed by atoms with Crippen LogP contribution in [-0.2, 0) is 0 Å². The summed E-state index contributed by atoms with van der Waals surface area (Å²) in [4.78, 5) is 20.9.